The Hall–Kier alpha value is -2.54. The predicted molar refractivity (Wildman–Crippen MR) is 186 cm³/mol. The van der Waals surface area contributed by atoms with Crippen molar-refractivity contribution in [1.29, 1.82) is 0 Å². The molecule has 0 radical (unpaired) electrons. The summed E-state index contributed by atoms with van der Waals surface area (Å²) >= 11 is 0. The van der Waals surface area contributed by atoms with Crippen molar-refractivity contribution in [3.05, 3.63) is 77.4 Å². The standard InChI is InChI=1S/C39H54O.C2H6/c1-8-12-14-18-26-39(25-17-13-9-2)35-20-16-15-19-32(35)33-23-21-29(27-36(33)39)34-28-30(38(5,6)7)22-24-37(34)40-31(10-3)11-4;1-2/h15-16,19-24,27-28,31H,8-14,17-18,25-26H2,1-7H3;1-2H3. The lowest BCUT2D eigenvalue weighted by Gasteiger charge is -2.33. The van der Waals surface area contributed by atoms with E-state index in [-0.39, 0.29) is 16.9 Å². The van der Waals surface area contributed by atoms with Crippen molar-refractivity contribution >= 4 is 0 Å². The van der Waals surface area contributed by atoms with Crippen molar-refractivity contribution in [1.82, 2.24) is 0 Å². The van der Waals surface area contributed by atoms with Gasteiger partial charge in [-0.25, -0.2) is 0 Å². The molecule has 42 heavy (non-hydrogen) atoms. The number of rotatable bonds is 14. The van der Waals surface area contributed by atoms with Crippen LogP contribution in [0.4, 0.5) is 0 Å². The highest BCUT2D eigenvalue weighted by molar-refractivity contribution is 5.85. The molecule has 0 spiro atoms. The molecular weight excluding hydrogens is 508 g/mol. The van der Waals surface area contributed by atoms with Crippen molar-refractivity contribution in [2.45, 2.75) is 150 Å². The van der Waals surface area contributed by atoms with E-state index in [4.69, 9.17) is 4.74 Å². The van der Waals surface area contributed by atoms with Gasteiger partial charge in [0.15, 0.2) is 0 Å². The van der Waals surface area contributed by atoms with Crippen LogP contribution >= 0.6 is 0 Å². The van der Waals surface area contributed by atoms with E-state index in [0.717, 1.165) is 18.6 Å². The number of benzene rings is 3. The summed E-state index contributed by atoms with van der Waals surface area (Å²) in [5.74, 6) is 1.02. The quantitative estimate of drug-likeness (QED) is 0.176. The van der Waals surface area contributed by atoms with E-state index < -0.39 is 0 Å². The maximum atomic E-state index is 6.67. The Morgan fingerprint density at radius 2 is 1.26 bits per heavy atom. The Labute approximate surface area is 259 Å². The van der Waals surface area contributed by atoms with Crippen LogP contribution in [0.25, 0.3) is 22.3 Å². The molecule has 0 heterocycles. The summed E-state index contributed by atoms with van der Waals surface area (Å²) in [6, 6.07) is 23.5. The lowest BCUT2D eigenvalue weighted by molar-refractivity contribution is 0.193. The van der Waals surface area contributed by atoms with Crippen molar-refractivity contribution in [2.24, 2.45) is 0 Å². The third-order valence-corrected chi connectivity index (χ3v) is 9.29. The van der Waals surface area contributed by atoms with Crippen LogP contribution in [0.5, 0.6) is 5.75 Å². The first-order chi connectivity index (χ1) is 20.3. The minimum atomic E-state index is 0.0817. The molecule has 4 rings (SSSR count). The highest BCUT2D eigenvalue weighted by Gasteiger charge is 2.42. The second-order valence-corrected chi connectivity index (χ2v) is 13.2. The van der Waals surface area contributed by atoms with Crippen LogP contribution < -0.4 is 4.74 Å². The maximum Gasteiger partial charge on any atom is 0.127 e. The molecule has 0 saturated heterocycles. The molecule has 1 aliphatic rings. The summed E-state index contributed by atoms with van der Waals surface area (Å²) in [5.41, 5.74) is 10.1. The van der Waals surface area contributed by atoms with E-state index in [1.165, 1.54) is 85.6 Å². The van der Waals surface area contributed by atoms with E-state index in [2.05, 4.69) is 109 Å². The number of hydrogen-bond acceptors (Lipinski definition) is 1. The molecule has 1 heteroatoms. The van der Waals surface area contributed by atoms with Gasteiger partial charge in [-0.15, -0.1) is 0 Å². The van der Waals surface area contributed by atoms with Crippen molar-refractivity contribution in [2.75, 3.05) is 0 Å². The van der Waals surface area contributed by atoms with Crippen molar-refractivity contribution < 1.29 is 4.74 Å². The molecule has 0 bridgehead atoms. The van der Waals surface area contributed by atoms with Gasteiger partial charge >= 0.3 is 0 Å². The Kier molecular flexibility index (Phi) is 12.8. The second-order valence-electron chi connectivity index (χ2n) is 13.2. The first-order valence-corrected chi connectivity index (χ1v) is 17.3. The first kappa shape index (κ1) is 34.0. The smallest absolute Gasteiger partial charge is 0.127 e. The van der Waals surface area contributed by atoms with Crippen LogP contribution in [0, 0.1) is 0 Å². The van der Waals surface area contributed by atoms with Crippen LogP contribution in [-0.2, 0) is 10.8 Å². The molecule has 0 aliphatic heterocycles. The van der Waals surface area contributed by atoms with Gasteiger partial charge in [0.05, 0.1) is 6.10 Å². The third-order valence-electron chi connectivity index (χ3n) is 9.29. The van der Waals surface area contributed by atoms with Crippen LogP contribution in [-0.4, -0.2) is 6.10 Å². The first-order valence-electron chi connectivity index (χ1n) is 17.3. The molecule has 1 aliphatic carbocycles. The topological polar surface area (TPSA) is 9.23 Å². The minimum absolute atomic E-state index is 0.0817. The van der Waals surface area contributed by atoms with Gasteiger partial charge in [-0.05, 0) is 82.7 Å². The van der Waals surface area contributed by atoms with Gasteiger partial charge in [0.2, 0.25) is 0 Å². The van der Waals surface area contributed by atoms with Crippen LogP contribution in [0.3, 0.4) is 0 Å². The molecule has 230 valence electrons. The zero-order valence-electron chi connectivity index (χ0n) is 28.5. The summed E-state index contributed by atoms with van der Waals surface area (Å²) in [5, 5.41) is 0. The zero-order chi connectivity index (χ0) is 30.8. The number of hydrogen-bond donors (Lipinski definition) is 0. The van der Waals surface area contributed by atoms with Gasteiger partial charge < -0.3 is 4.74 Å². The SMILES string of the molecule is CC.CCCCCCC1(CCCCC)c2ccccc2-c2ccc(-c3cc(C(C)(C)C)ccc3OC(CC)CC)cc21. The molecule has 3 aromatic rings. The lowest BCUT2D eigenvalue weighted by atomic mass is 9.70. The highest BCUT2D eigenvalue weighted by atomic mass is 16.5. The Morgan fingerprint density at radius 1 is 0.643 bits per heavy atom. The average Bonchev–Trinajstić information content (AvgIpc) is 3.28. The zero-order valence-corrected chi connectivity index (χ0v) is 28.5. The molecule has 0 N–H and O–H groups in total. The summed E-state index contributed by atoms with van der Waals surface area (Å²) in [6.07, 6.45) is 13.8. The van der Waals surface area contributed by atoms with Gasteiger partial charge in [0.1, 0.15) is 5.75 Å². The largest absolute Gasteiger partial charge is 0.490 e. The van der Waals surface area contributed by atoms with Crippen molar-refractivity contribution in [3.8, 4) is 28.0 Å². The van der Waals surface area contributed by atoms with E-state index in [1.807, 2.05) is 13.8 Å². The number of unbranched alkanes of at least 4 members (excludes halogenated alkanes) is 5. The van der Waals surface area contributed by atoms with Crippen LogP contribution in [0.1, 0.15) is 150 Å². The highest BCUT2D eigenvalue weighted by Crippen LogP contribution is 2.55. The Morgan fingerprint density at radius 3 is 1.90 bits per heavy atom. The molecule has 1 atom stereocenters. The molecule has 3 aromatic carbocycles. The average molecular weight is 569 g/mol. The lowest BCUT2D eigenvalue weighted by Crippen LogP contribution is -2.25. The van der Waals surface area contributed by atoms with Crippen LogP contribution in [0.2, 0.25) is 0 Å². The van der Waals surface area contributed by atoms with E-state index in [9.17, 15) is 0 Å². The maximum absolute atomic E-state index is 6.67. The summed E-state index contributed by atoms with van der Waals surface area (Å²) in [4.78, 5) is 0. The molecule has 1 nitrogen and oxygen atoms in total. The Balaban J connectivity index is 0.00000237. The van der Waals surface area contributed by atoms with Crippen molar-refractivity contribution in [3.63, 3.8) is 0 Å². The van der Waals surface area contributed by atoms with Gasteiger partial charge in [-0.2, -0.15) is 0 Å². The fourth-order valence-electron chi connectivity index (χ4n) is 6.78. The van der Waals surface area contributed by atoms with E-state index >= 15 is 0 Å². The van der Waals surface area contributed by atoms with Gasteiger partial charge in [0.25, 0.3) is 0 Å². The van der Waals surface area contributed by atoms with E-state index in [0.29, 0.717) is 0 Å². The normalized spacial score (nSPS) is 15.7. The van der Waals surface area contributed by atoms with Crippen LogP contribution in [0.15, 0.2) is 60.7 Å². The molecular formula is C41H60O. The van der Waals surface area contributed by atoms with E-state index in [1.54, 1.807) is 11.1 Å². The number of fused-ring (bicyclic) bond motifs is 3. The fraction of sp³-hybridized carbons (Fsp3) is 0.561. The molecule has 0 saturated carbocycles. The summed E-state index contributed by atoms with van der Waals surface area (Å²) in [7, 11) is 0. The summed E-state index contributed by atoms with van der Waals surface area (Å²) in [6.45, 7) is 20.0. The summed E-state index contributed by atoms with van der Waals surface area (Å²) < 4.78 is 6.67. The second kappa shape index (κ2) is 15.8. The number of ether oxygens (including phenoxy) is 1. The van der Waals surface area contributed by atoms with Gasteiger partial charge in [-0.3, -0.25) is 0 Å². The minimum Gasteiger partial charge on any atom is -0.490 e. The fourth-order valence-corrected chi connectivity index (χ4v) is 6.78. The predicted octanol–water partition coefficient (Wildman–Crippen LogP) is 13.1. The molecule has 1 unspecified atom stereocenters. The monoisotopic (exact) mass is 568 g/mol. The molecule has 0 amide bonds. The van der Waals surface area contributed by atoms with Gasteiger partial charge in [-0.1, -0.05) is 150 Å². The van der Waals surface area contributed by atoms with Gasteiger partial charge in [0, 0.05) is 11.0 Å². The molecule has 0 aromatic heterocycles. The molecule has 0 fully saturated rings. The third kappa shape index (κ3) is 7.50. The Bertz CT molecular complexity index is 1240.